The fraction of sp³-hybridized carbons (Fsp3) is 1.00. The Morgan fingerprint density at radius 2 is 2.08 bits per heavy atom. The molecule has 2 atom stereocenters. The fourth-order valence-corrected chi connectivity index (χ4v) is 2.24. The van der Waals surface area contributed by atoms with Crippen LogP contribution in [-0.4, -0.2) is 37.2 Å². The highest BCUT2D eigenvalue weighted by atomic mass is 16.5. The maximum atomic E-state index is 5.30. The second kappa shape index (κ2) is 4.97. The molecule has 0 bridgehead atoms. The van der Waals surface area contributed by atoms with Gasteiger partial charge in [0.25, 0.3) is 0 Å². The molecule has 0 radical (unpaired) electrons. The summed E-state index contributed by atoms with van der Waals surface area (Å²) in [6, 6.07) is 0.789. The first-order valence-corrected chi connectivity index (χ1v) is 5.42. The van der Waals surface area contributed by atoms with E-state index in [1.165, 1.54) is 19.4 Å². The molecule has 0 amide bonds. The number of likely N-dealkylation sites (tertiary alicyclic amines) is 1. The Hall–Kier alpha value is -0.0800. The molecule has 0 aromatic heterocycles. The molecule has 1 saturated heterocycles. The Balaban J connectivity index is 2.39. The molecule has 0 aliphatic carbocycles. The molecule has 0 aromatic rings. The maximum absolute atomic E-state index is 5.30. The van der Waals surface area contributed by atoms with Crippen molar-refractivity contribution in [2.75, 3.05) is 20.2 Å². The van der Waals surface area contributed by atoms with Crippen LogP contribution in [0.15, 0.2) is 0 Å². The molecule has 0 spiro atoms. The van der Waals surface area contributed by atoms with E-state index < -0.39 is 0 Å². The molecule has 0 aromatic carbocycles. The standard InChI is InChI=1S/C11H23NO/c1-9(2)11-6-5-7-12(11)8-10(3)13-4/h9-11H,5-8H2,1-4H3. The summed E-state index contributed by atoms with van der Waals surface area (Å²) < 4.78 is 5.30. The lowest BCUT2D eigenvalue weighted by Crippen LogP contribution is -2.38. The molecule has 78 valence electrons. The highest BCUT2D eigenvalue weighted by molar-refractivity contribution is 4.82. The first-order chi connectivity index (χ1) is 6.15. The molecule has 1 aliphatic rings. The van der Waals surface area contributed by atoms with Crippen LogP contribution in [0.5, 0.6) is 0 Å². The Morgan fingerprint density at radius 3 is 2.62 bits per heavy atom. The van der Waals surface area contributed by atoms with Gasteiger partial charge in [0.15, 0.2) is 0 Å². The van der Waals surface area contributed by atoms with Gasteiger partial charge in [-0.05, 0) is 32.2 Å². The fourth-order valence-electron chi connectivity index (χ4n) is 2.24. The van der Waals surface area contributed by atoms with Crippen LogP contribution in [-0.2, 0) is 4.74 Å². The highest BCUT2D eigenvalue weighted by Crippen LogP contribution is 2.23. The van der Waals surface area contributed by atoms with Crippen molar-refractivity contribution in [2.45, 2.75) is 45.8 Å². The first kappa shape index (κ1) is 11.0. The highest BCUT2D eigenvalue weighted by Gasteiger charge is 2.27. The summed E-state index contributed by atoms with van der Waals surface area (Å²) in [6.07, 6.45) is 3.10. The van der Waals surface area contributed by atoms with Crippen LogP contribution in [0.25, 0.3) is 0 Å². The second-order valence-electron chi connectivity index (χ2n) is 4.49. The average molecular weight is 185 g/mol. The van der Waals surface area contributed by atoms with Crippen molar-refractivity contribution in [2.24, 2.45) is 5.92 Å². The number of hydrogen-bond acceptors (Lipinski definition) is 2. The van der Waals surface area contributed by atoms with Crippen LogP contribution < -0.4 is 0 Å². The number of rotatable bonds is 4. The van der Waals surface area contributed by atoms with Crippen molar-refractivity contribution >= 4 is 0 Å². The summed E-state index contributed by atoms with van der Waals surface area (Å²) in [5, 5.41) is 0. The van der Waals surface area contributed by atoms with Crippen molar-refractivity contribution < 1.29 is 4.74 Å². The normalized spacial score (nSPS) is 27.0. The van der Waals surface area contributed by atoms with E-state index in [0.717, 1.165) is 18.5 Å². The van der Waals surface area contributed by atoms with Crippen LogP contribution in [0.3, 0.4) is 0 Å². The van der Waals surface area contributed by atoms with Gasteiger partial charge in [0, 0.05) is 19.7 Å². The minimum atomic E-state index is 0.374. The first-order valence-electron chi connectivity index (χ1n) is 5.42. The van der Waals surface area contributed by atoms with Gasteiger partial charge in [-0.25, -0.2) is 0 Å². The topological polar surface area (TPSA) is 12.5 Å². The molecule has 2 nitrogen and oxygen atoms in total. The summed E-state index contributed by atoms with van der Waals surface area (Å²) >= 11 is 0. The molecule has 1 rings (SSSR count). The van der Waals surface area contributed by atoms with Crippen molar-refractivity contribution in [3.63, 3.8) is 0 Å². The monoisotopic (exact) mass is 185 g/mol. The van der Waals surface area contributed by atoms with Gasteiger partial charge in [0.1, 0.15) is 0 Å². The SMILES string of the molecule is COC(C)CN1CCCC1C(C)C. The van der Waals surface area contributed by atoms with E-state index in [1.54, 1.807) is 7.11 Å². The van der Waals surface area contributed by atoms with Gasteiger partial charge in [-0.1, -0.05) is 13.8 Å². The third-order valence-corrected chi connectivity index (χ3v) is 3.08. The van der Waals surface area contributed by atoms with Crippen LogP contribution in [0.1, 0.15) is 33.6 Å². The van der Waals surface area contributed by atoms with E-state index in [-0.39, 0.29) is 0 Å². The second-order valence-corrected chi connectivity index (χ2v) is 4.49. The van der Waals surface area contributed by atoms with Crippen LogP contribution in [0.4, 0.5) is 0 Å². The lowest BCUT2D eigenvalue weighted by molar-refractivity contribution is 0.0650. The van der Waals surface area contributed by atoms with Gasteiger partial charge < -0.3 is 4.74 Å². The van der Waals surface area contributed by atoms with E-state index in [9.17, 15) is 0 Å². The van der Waals surface area contributed by atoms with Gasteiger partial charge in [-0.3, -0.25) is 4.90 Å². The molecule has 13 heavy (non-hydrogen) atoms. The minimum Gasteiger partial charge on any atom is -0.380 e. The quantitative estimate of drug-likeness (QED) is 0.665. The molecular weight excluding hydrogens is 162 g/mol. The molecule has 1 heterocycles. The van der Waals surface area contributed by atoms with E-state index >= 15 is 0 Å². The lowest BCUT2D eigenvalue weighted by atomic mass is 10.0. The van der Waals surface area contributed by atoms with Crippen molar-refractivity contribution in [1.82, 2.24) is 4.90 Å². The summed E-state index contributed by atoms with van der Waals surface area (Å²) in [6.45, 7) is 9.15. The van der Waals surface area contributed by atoms with Crippen LogP contribution >= 0.6 is 0 Å². The average Bonchev–Trinajstić information content (AvgIpc) is 2.52. The van der Waals surface area contributed by atoms with Gasteiger partial charge in [0.05, 0.1) is 6.10 Å². The minimum absolute atomic E-state index is 0.374. The van der Waals surface area contributed by atoms with Gasteiger partial charge in [-0.2, -0.15) is 0 Å². The maximum Gasteiger partial charge on any atom is 0.0670 e. The third-order valence-electron chi connectivity index (χ3n) is 3.08. The van der Waals surface area contributed by atoms with Crippen molar-refractivity contribution in [1.29, 1.82) is 0 Å². The molecule has 1 fully saturated rings. The largest absolute Gasteiger partial charge is 0.380 e. The molecule has 2 heteroatoms. The summed E-state index contributed by atoms with van der Waals surface area (Å²) in [7, 11) is 1.80. The molecule has 0 saturated carbocycles. The van der Waals surface area contributed by atoms with Crippen LogP contribution in [0.2, 0.25) is 0 Å². The Kier molecular flexibility index (Phi) is 4.20. The van der Waals surface area contributed by atoms with Gasteiger partial charge >= 0.3 is 0 Å². The number of hydrogen-bond donors (Lipinski definition) is 0. The van der Waals surface area contributed by atoms with E-state index in [4.69, 9.17) is 4.74 Å². The summed E-state index contributed by atoms with van der Waals surface area (Å²) in [5.41, 5.74) is 0. The predicted molar refractivity (Wildman–Crippen MR) is 55.9 cm³/mol. The van der Waals surface area contributed by atoms with Gasteiger partial charge in [0.2, 0.25) is 0 Å². The lowest BCUT2D eigenvalue weighted by Gasteiger charge is -2.29. The molecule has 1 aliphatic heterocycles. The van der Waals surface area contributed by atoms with Crippen molar-refractivity contribution in [3.8, 4) is 0 Å². The molecule has 0 N–H and O–H groups in total. The molecular formula is C11H23NO. The smallest absolute Gasteiger partial charge is 0.0670 e. The van der Waals surface area contributed by atoms with E-state index in [2.05, 4.69) is 25.7 Å². The van der Waals surface area contributed by atoms with Crippen LogP contribution in [0, 0.1) is 5.92 Å². The summed E-state index contributed by atoms with van der Waals surface area (Å²) in [5.74, 6) is 0.784. The molecule has 2 unspecified atom stereocenters. The Morgan fingerprint density at radius 1 is 1.38 bits per heavy atom. The Labute approximate surface area is 82.3 Å². The zero-order chi connectivity index (χ0) is 9.84. The zero-order valence-electron chi connectivity index (χ0n) is 9.42. The zero-order valence-corrected chi connectivity index (χ0v) is 9.42. The van der Waals surface area contributed by atoms with E-state index in [0.29, 0.717) is 6.10 Å². The Bertz CT molecular complexity index is 147. The number of methoxy groups -OCH3 is 1. The third kappa shape index (κ3) is 2.96. The predicted octanol–water partition coefficient (Wildman–Crippen LogP) is 2.14. The van der Waals surface area contributed by atoms with E-state index in [1.807, 2.05) is 0 Å². The number of nitrogens with zero attached hydrogens (tertiary/aromatic N) is 1. The number of ether oxygens (including phenoxy) is 1. The summed E-state index contributed by atoms with van der Waals surface area (Å²) in [4.78, 5) is 2.58. The van der Waals surface area contributed by atoms with Gasteiger partial charge in [-0.15, -0.1) is 0 Å². The van der Waals surface area contributed by atoms with Crippen molar-refractivity contribution in [3.05, 3.63) is 0 Å².